The molecule has 0 aromatic carbocycles. The number of fused-ring (bicyclic) bond motifs is 1. The van der Waals surface area contributed by atoms with Crippen molar-refractivity contribution in [3.05, 3.63) is 12.5 Å². The van der Waals surface area contributed by atoms with Crippen LogP contribution in [0.15, 0.2) is 12.5 Å². The van der Waals surface area contributed by atoms with Crippen molar-refractivity contribution in [3.63, 3.8) is 0 Å². The number of nitrogens with zero attached hydrogens (tertiary/aromatic N) is 4. The van der Waals surface area contributed by atoms with E-state index < -0.39 is 5.60 Å². The highest BCUT2D eigenvalue weighted by Crippen LogP contribution is 2.41. The minimum Gasteiger partial charge on any atom is -0.388 e. The van der Waals surface area contributed by atoms with Gasteiger partial charge in [0.2, 0.25) is 0 Å². The van der Waals surface area contributed by atoms with E-state index in [2.05, 4.69) is 41.2 Å². The van der Waals surface area contributed by atoms with Crippen molar-refractivity contribution < 1.29 is 5.11 Å². The normalized spacial score (nSPS) is 25.7. The molecule has 6 heteroatoms. The SMILES string of the molecule is Cn1cc2c(NCC3(O)CCC(C(C)(C)C)CC3)ncnc2n1. The van der Waals surface area contributed by atoms with Gasteiger partial charge in [-0.3, -0.25) is 4.68 Å². The first-order valence-corrected chi connectivity index (χ1v) is 8.37. The number of rotatable bonds is 3. The summed E-state index contributed by atoms with van der Waals surface area (Å²) in [4.78, 5) is 8.47. The largest absolute Gasteiger partial charge is 0.388 e. The van der Waals surface area contributed by atoms with E-state index >= 15 is 0 Å². The summed E-state index contributed by atoms with van der Waals surface area (Å²) in [5, 5.41) is 19.4. The topological polar surface area (TPSA) is 75.9 Å². The van der Waals surface area contributed by atoms with Crippen LogP contribution in [0.25, 0.3) is 11.0 Å². The molecule has 0 amide bonds. The van der Waals surface area contributed by atoms with Crippen LogP contribution in [-0.2, 0) is 7.05 Å². The number of aryl methyl sites for hydroxylation is 1. The van der Waals surface area contributed by atoms with Gasteiger partial charge in [-0.05, 0) is 37.0 Å². The van der Waals surface area contributed by atoms with Crippen LogP contribution in [-0.4, -0.2) is 37.0 Å². The molecule has 0 aliphatic heterocycles. The lowest BCUT2D eigenvalue weighted by atomic mass is 9.68. The molecule has 2 N–H and O–H groups in total. The maximum Gasteiger partial charge on any atom is 0.186 e. The van der Waals surface area contributed by atoms with E-state index in [0.717, 1.165) is 36.9 Å². The summed E-state index contributed by atoms with van der Waals surface area (Å²) >= 11 is 0. The standard InChI is InChI=1S/C17H27N5O/c1-16(2,3)12-5-7-17(23,8-6-12)10-18-14-13-9-22(4)21-15(13)20-11-19-14/h9,11-12,23H,5-8,10H2,1-4H3,(H,18,19,20,21). The molecule has 0 unspecified atom stereocenters. The fourth-order valence-electron chi connectivity index (χ4n) is 3.54. The minimum absolute atomic E-state index is 0.323. The summed E-state index contributed by atoms with van der Waals surface area (Å²) in [5.41, 5.74) is 0.346. The van der Waals surface area contributed by atoms with Crippen LogP contribution in [0.1, 0.15) is 46.5 Å². The van der Waals surface area contributed by atoms with Crippen LogP contribution in [0.3, 0.4) is 0 Å². The van der Waals surface area contributed by atoms with Gasteiger partial charge in [0.15, 0.2) is 5.65 Å². The first-order chi connectivity index (χ1) is 10.8. The lowest BCUT2D eigenvalue weighted by molar-refractivity contribution is -0.0143. The molecule has 3 rings (SSSR count). The molecule has 0 radical (unpaired) electrons. The minimum atomic E-state index is -0.652. The molecule has 1 fully saturated rings. The zero-order valence-corrected chi connectivity index (χ0v) is 14.5. The third-order valence-corrected chi connectivity index (χ3v) is 5.16. The van der Waals surface area contributed by atoms with Gasteiger partial charge >= 0.3 is 0 Å². The quantitative estimate of drug-likeness (QED) is 0.910. The van der Waals surface area contributed by atoms with Crippen molar-refractivity contribution in [2.75, 3.05) is 11.9 Å². The Kier molecular flexibility index (Phi) is 4.04. The van der Waals surface area contributed by atoms with E-state index in [1.165, 1.54) is 6.33 Å². The predicted octanol–water partition coefficient (Wildman–Crippen LogP) is 2.74. The van der Waals surface area contributed by atoms with Gasteiger partial charge in [0.1, 0.15) is 12.1 Å². The number of hydrogen-bond acceptors (Lipinski definition) is 5. The summed E-state index contributed by atoms with van der Waals surface area (Å²) in [7, 11) is 1.87. The average Bonchev–Trinajstić information content (AvgIpc) is 2.85. The Hall–Kier alpha value is -1.69. The summed E-state index contributed by atoms with van der Waals surface area (Å²) in [5.74, 6) is 1.43. The molecule has 0 atom stereocenters. The monoisotopic (exact) mass is 317 g/mol. The lowest BCUT2D eigenvalue weighted by Gasteiger charge is -2.41. The second-order valence-corrected chi connectivity index (χ2v) is 7.98. The van der Waals surface area contributed by atoms with Crippen molar-refractivity contribution in [1.29, 1.82) is 0 Å². The fraction of sp³-hybridized carbons (Fsp3) is 0.706. The van der Waals surface area contributed by atoms with Crippen molar-refractivity contribution in [3.8, 4) is 0 Å². The van der Waals surface area contributed by atoms with Crippen LogP contribution in [0.2, 0.25) is 0 Å². The molecule has 2 aromatic rings. The molecule has 6 nitrogen and oxygen atoms in total. The van der Waals surface area contributed by atoms with Gasteiger partial charge in [-0.1, -0.05) is 20.8 Å². The number of aliphatic hydroxyl groups is 1. The van der Waals surface area contributed by atoms with Crippen LogP contribution < -0.4 is 5.32 Å². The Bertz CT molecular complexity index is 680. The summed E-state index contributed by atoms with van der Waals surface area (Å²) in [6, 6.07) is 0. The molecule has 2 heterocycles. The Morgan fingerprint density at radius 3 is 2.65 bits per heavy atom. The molecule has 126 valence electrons. The highest BCUT2D eigenvalue weighted by molar-refractivity contribution is 5.85. The van der Waals surface area contributed by atoms with E-state index in [1.54, 1.807) is 4.68 Å². The van der Waals surface area contributed by atoms with E-state index in [9.17, 15) is 5.11 Å². The van der Waals surface area contributed by atoms with Gasteiger partial charge in [-0.25, -0.2) is 9.97 Å². The molecule has 23 heavy (non-hydrogen) atoms. The summed E-state index contributed by atoms with van der Waals surface area (Å²) in [6.45, 7) is 7.39. The summed E-state index contributed by atoms with van der Waals surface area (Å²) < 4.78 is 1.73. The molecule has 2 aromatic heterocycles. The average molecular weight is 317 g/mol. The van der Waals surface area contributed by atoms with Gasteiger partial charge in [-0.15, -0.1) is 0 Å². The van der Waals surface area contributed by atoms with Crippen molar-refractivity contribution in [2.45, 2.75) is 52.1 Å². The van der Waals surface area contributed by atoms with E-state index in [-0.39, 0.29) is 0 Å². The number of hydrogen-bond donors (Lipinski definition) is 2. The highest BCUT2D eigenvalue weighted by atomic mass is 16.3. The maximum atomic E-state index is 10.9. The second-order valence-electron chi connectivity index (χ2n) is 7.98. The van der Waals surface area contributed by atoms with Crippen molar-refractivity contribution >= 4 is 16.9 Å². The van der Waals surface area contributed by atoms with Crippen LogP contribution >= 0.6 is 0 Å². The highest BCUT2D eigenvalue weighted by Gasteiger charge is 2.37. The van der Waals surface area contributed by atoms with Gasteiger partial charge in [-0.2, -0.15) is 5.10 Å². The Balaban J connectivity index is 1.66. The van der Waals surface area contributed by atoms with Gasteiger partial charge in [0, 0.05) is 19.8 Å². The molecular formula is C17H27N5O. The number of nitrogens with one attached hydrogen (secondary N) is 1. The van der Waals surface area contributed by atoms with Gasteiger partial charge in [0.25, 0.3) is 0 Å². The first kappa shape index (κ1) is 16.2. The zero-order valence-electron chi connectivity index (χ0n) is 14.5. The summed E-state index contributed by atoms with van der Waals surface area (Å²) in [6.07, 6.45) is 7.24. The predicted molar refractivity (Wildman–Crippen MR) is 91.2 cm³/mol. The molecule has 1 saturated carbocycles. The Morgan fingerprint density at radius 2 is 2.00 bits per heavy atom. The second kappa shape index (κ2) is 5.74. The van der Waals surface area contributed by atoms with Crippen LogP contribution in [0, 0.1) is 11.3 Å². The van der Waals surface area contributed by atoms with Crippen molar-refractivity contribution in [1.82, 2.24) is 19.7 Å². The van der Waals surface area contributed by atoms with Gasteiger partial charge in [0.05, 0.1) is 11.0 Å². The van der Waals surface area contributed by atoms with E-state index in [4.69, 9.17) is 0 Å². The van der Waals surface area contributed by atoms with Crippen LogP contribution in [0.5, 0.6) is 0 Å². The Labute approximate surface area is 137 Å². The van der Waals surface area contributed by atoms with E-state index in [1.807, 2.05) is 13.2 Å². The third kappa shape index (κ3) is 3.47. The zero-order chi connectivity index (χ0) is 16.7. The first-order valence-electron chi connectivity index (χ1n) is 8.37. The third-order valence-electron chi connectivity index (χ3n) is 5.16. The molecule has 1 aliphatic carbocycles. The number of aromatic nitrogens is 4. The van der Waals surface area contributed by atoms with Crippen molar-refractivity contribution in [2.24, 2.45) is 18.4 Å². The molecule has 0 spiro atoms. The van der Waals surface area contributed by atoms with E-state index in [0.29, 0.717) is 23.5 Å². The molecule has 0 bridgehead atoms. The van der Waals surface area contributed by atoms with Crippen LogP contribution in [0.4, 0.5) is 5.82 Å². The number of anilines is 1. The maximum absolute atomic E-state index is 10.9. The molecule has 1 aliphatic rings. The molecule has 0 saturated heterocycles. The van der Waals surface area contributed by atoms with Gasteiger partial charge < -0.3 is 10.4 Å². The lowest BCUT2D eigenvalue weighted by Crippen LogP contribution is -2.42. The Morgan fingerprint density at radius 1 is 1.30 bits per heavy atom. The molecular weight excluding hydrogens is 290 g/mol. The fourth-order valence-corrected chi connectivity index (χ4v) is 3.54. The smallest absolute Gasteiger partial charge is 0.186 e.